The van der Waals surface area contributed by atoms with Crippen molar-refractivity contribution in [2.75, 3.05) is 6.61 Å². The molecule has 0 saturated heterocycles. The minimum absolute atomic E-state index is 0.304. The van der Waals surface area contributed by atoms with Crippen LogP contribution in [0, 0.1) is 0 Å². The fourth-order valence-electron chi connectivity index (χ4n) is 0.970. The molecule has 0 fully saturated rings. The van der Waals surface area contributed by atoms with Crippen molar-refractivity contribution in [2.45, 2.75) is 24.7 Å². The van der Waals surface area contributed by atoms with Gasteiger partial charge in [-0.1, -0.05) is 0 Å². The maximum Gasteiger partial charge on any atom is 0.150 e. The van der Waals surface area contributed by atoms with Crippen LogP contribution in [0.1, 0.15) is 6.92 Å². The summed E-state index contributed by atoms with van der Waals surface area (Å²) in [6.45, 7) is 1.15. The van der Waals surface area contributed by atoms with E-state index in [1.807, 2.05) is 0 Å². The van der Waals surface area contributed by atoms with Crippen LogP contribution >= 0.6 is 0 Å². The summed E-state index contributed by atoms with van der Waals surface area (Å²) >= 11 is 0. The highest BCUT2D eigenvalue weighted by atomic mass is 16.5. The molecule has 0 aromatic rings. The van der Waals surface area contributed by atoms with Crippen molar-refractivity contribution in [3.63, 3.8) is 0 Å². The van der Waals surface area contributed by atoms with Gasteiger partial charge in [-0.2, -0.15) is 0 Å². The van der Waals surface area contributed by atoms with Crippen LogP contribution in [-0.2, 0) is 4.74 Å². The Balaban J connectivity index is 2.73. The summed E-state index contributed by atoms with van der Waals surface area (Å²) in [5.74, 6) is 0. The number of aliphatic hydroxyl groups is 3. The molecule has 0 amide bonds. The summed E-state index contributed by atoms with van der Waals surface area (Å²) < 4.78 is 4.83. The third-order valence-corrected chi connectivity index (χ3v) is 1.79. The van der Waals surface area contributed by atoms with Crippen LogP contribution in [0.25, 0.3) is 0 Å². The van der Waals surface area contributed by atoms with Gasteiger partial charge in [0.05, 0.1) is 12.9 Å². The minimum atomic E-state index is -1.30. The lowest BCUT2D eigenvalue weighted by molar-refractivity contribution is -0.122. The van der Waals surface area contributed by atoms with E-state index in [9.17, 15) is 10.2 Å². The van der Waals surface area contributed by atoms with Gasteiger partial charge < -0.3 is 20.1 Å². The number of rotatable bonds is 1. The lowest BCUT2D eigenvalue weighted by Gasteiger charge is -2.34. The van der Waals surface area contributed by atoms with E-state index in [2.05, 4.69) is 0 Å². The molecule has 11 heavy (non-hydrogen) atoms. The molecular weight excluding hydrogens is 148 g/mol. The van der Waals surface area contributed by atoms with E-state index in [1.54, 1.807) is 0 Å². The van der Waals surface area contributed by atoms with E-state index in [0.717, 1.165) is 0 Å². The Hall–Kier alpha value is -0.580. The van der Waals surface area contributed by atoms with E-state index in [0.29, 0.717) is 0 Å². The van der Waals surface area contributed by atoms with Crippen LogP contribution in [-0.4, -0.2) is 39.7 Å². The van der Waals surface area contributed by atoms with Crippen molar-refractivity contribution in [2.24, 2.45) is 0 Å². The van der Waals surface area contributed by atoms with Crippen molar-refractivity contribution in [1.29, 1.82) is 0 Å². The highest BCUT2D eigenvalue weighted by molar-refractivity contribution is 5.06. The first-order valence-corrected chi connectivity index (χ1v) is 3.42. The molecule has 1 aliphatic heterocycles. The van der Waals surface area contributed by atoms with Gasteiger partial charge in [-0.15, -0.1) is 0 Å². The molecule has 0 saturated carbocycles. The van der Waals surface area contributed by atoms with Crippen molar-refractivity contribution in [3.05, 3.63) is 12.3 Å². The molecule has 0 bridgehead atoms. The number of aliphatic hydroxyl groups excluding tert-OH is 2. The second-order valence-corrected chi connectivity index (χ2v) is 2.83. The summed E-state index contributed by atoms with van der Waals surface area (Å²) in [4.78, 5) is 0. The summed E-state index contributed by atoms with van der Waals surface area (Å²) in [7, 11) is 0. The minimum Gasteiger partial charge on any atom is -0.493 e. The number of hydrogen-bond acceptors (Lipinski definition) is 4. The van der Waals surface area contributed by atoms with Gasteiger partial charge in [-0.05, 0) is 13.0 Å². The van der Waals surface area contributed by atoms with Gasteiger partial charge in [-0.3, -0.25) is 0 Å². The normalized spacial score (nSPS) is 43.6. The molecule has 1 heterocycles. The molecule has 0 aliphatic carbocycles. The van der Waals surface area contributed by atoms with Gasteiger partial charge in [0.15, 0.2) is 0 Å². The van der Waals surface area contributed by atoms with E-state index in [4.69, 9.17) is 9.84 Å². The predicted octanol–water partition coefficient (Wildman–Crippen LogP) is -0.997. The van der Waals surface area contributed by atoms with Gasteiger partial charge in [0.1, 0.15) is 17.8 Å². The van der Waals surface area contributed by atoms with Crippen LogP contribution in [0.4, 0.5) is 0 Å². The topological polar surface area (TPSA) is 69.9 Å². The standard InChI is InChI=1S/C7H12O4/c1-7(10)2-3-11-5(4-8)6(7)9/h2-3,5-6,8-10H,4H2,1H3/t5-,6-,7-/m1/s1. The predicted molar refractivity (Wildman–Crippen MR) is 37.7 cm³/mol. The SMILES string of the molecule is C[C@@]1(O)C=CO[C@H](CO)[C@H]1O. The molecule has 3 atom stereocenters. The zero-order valence-electron chi connectivity index (χ0n) is 6.27. The van der Waals surface area contributed by atoms with Crippen molar-refractivity contribution < 1.29 is 20.1 Å². The Morgan fingerprint density at radius 3 is 2.73 bits per heavy atom. The van der Waals surface area contributed by atoms with Crippen molar-refractivity contribution in [1.82, 2.24) is 0 Å². The summed E-state index contributed by atoms with van der Waals surface area (Å²) in [5, 5.41) is 27.4. The van der Waals surface area contributed by atoms with E-state index in [1.165, 1.54) is 19.3 Å². The van der Waals surface area contributed by atoms with E-state index >= 15 is 0 Å². The Labute approximate surface area is 64.7 Å². The second kappa shape index (κ2) is 2.81. The van der Waals surface area contributed by atoms with Crippen LogP contribution in [0.2, 0.25) is 0 Å². The molecule has 4 nitrogen and oxygen atoms in total. The van der Waals surface area contributed by atoms with E-state index in [-0.39, 0.29) is 6.61 Å². The fourth-order valence-corrected chi connectivity index (χ4v) is 0.970. The smallest absolute Gasteiger partial charge is 0.150 e. The largest absolute Gasteiger partial charge is 0.493 e. The average molecular weight is 160 g/mol. The lowest BCUT2D eigenvalue weighted by Crippen LogP contribution is -2.49. The molecule has 1 rings (SSSR count). The van der Waals surface area contributed by atoms with Crippen LogP contribution in [0.5, 0.6) is 0 Å². The van der Waals surface area contributed by atoms with Crippen LogP contribution in [0.3, 0.4) is 0 Å². The molecule has 0 unspecified atom stereocenters. The van der Waals surface area contributed by atoms with Crippen molar-refractivity contribution >= 4 is 0 Å². The first kappa shape index (κ1) is 8.52. The average Bonchev–Trinajstić information content (AvgIpc) is 1.95. The highest BCUT2D eigenvalue weighted by Crippen LogP contribution is 2.21. The first-order chi connectivity index (χ1) is 5.08. The lowest BCUT2D eigenvalue weighted by atomic mass is 9.93. The number of hydrogen-bond donors (Lipinski definition) is 3. The molecule has 0 radical (unpaired) electrons. The maximum absolute atomic E-state index is 9.42. The zero-order valence-corrected chi connectivity index (χ0v) is 6.27. The van der Waals surface area contributed by atoms with Crippen molar-refractivity contribution in [3.8, 4) is 0 Å². The maximum atomic E-state index is 9.42. The van der Waals surface area contributed by atoms with Gasteiger partial charge >= 0.3 is 0 Å². The molecule has 0 spiro atoms. The second-order valence-electron chi connectivity index (χ2n) is 2.83. The first-order valence-electron chi connectivity index (χ1n) is 3.42. The Morgan fingerprint density at radius 1 is 1.64 bits per heavy atom. The molecule has 3 N–H and O–H groups in total. The fraction of sp³-hybridized carbons (Fsp3) is 0.714. The molecule has 0 aromatic carbocycles. The summed E-state index contributed by atoms with van der Waals surface area (Å²) in [5.41, 5.74) is -1.30. The molecular formula is C7H12O4. The summed E-state index contributed by atoms with van der Waals surface area (Å²) in [6, 6.07) is 0. The third-order valence-electron chi connectivity index (χ3n) is 1.79. The molecule has 64 valence electrons. The summed E-state index contributed by atoms with van der Waals surface area (Å²) in [6.07, 6.45) is 0.838. The molecule has 1 aliphatic rings. The monoisotopic (exact) mass is 160 g/mol. The van der Waals surface area contributed by atoms with Gasteiger partial charge in [-0.25, -0.2) is 0 Å². The third kappa shape index (κ3) is 1.53. The Morgan fingerprint density at radius 2 is 2.27 bits per heavy atom. The van der Waals surface area contributed by atoms with Crippen LogP contribution in [0.15, 0.2) is 12.3 Å². The highest BCUT2D eigenvalue weighted by Gasteiger charge is 2.37. The Kier molecular flexibility index (Phi) is 2.17. The zero-order chi connectivity index (χ0) is 8.48. The molecule has 4 heteroatoms. The van der Waals surface area contributed by atoms with E-state index < -0.39 is 17.8 Å². The van der Waals surface area contributed by atoms with Gasteiger partial charge in [0, 0.05) is 0 Å². The van der Waals surface area contributed by atoms with Gasteiger partial charge in [0.2, 0.25) is 0 Å². The molecule has 0 aromatic heterocycles. The van der Waals surface area contributed by atoms with Crippen LogP contribution < -0.4 is 0 Å². The quantitative estimate of drug-likeness (QED) is 0.460. The number of ether oxygens (including phenoxy) is 1. The Bertz CT molecular complexity index is 164. The van der Waals surface area contributed by atoms with Gasteiger partial charge in [0.25, 0.3) is 0 Å².